The predicted octanol–water partition coefficient (Wildman–Crippen LogP) is 2.20. The number of benzene rings is 1. The molecule has 0 aliphatic carbocycles. The molecule has 172 valence electrons. The average molecular weight is 454 g/mol. The fourth-order valence-electron chi connectivity index (χ4n) is 3.15. The molecule has 0 radical (unpaired) electrons. The molecule has 10 heteroatoms. The van der Waals surface area contributed by atoms with Crippen LogP contribution in [0.5, 0.6) is 0 Å². The molecule has 0 atom stereocenters. The highest BCUT2D eigenvalue weighted by atomic mass is 32.2. The number of urea groups is 1. The van der Waals surface area contributed by atoms with E-state index < -0.39 is 34.5 Å². The van der Waals surface area contributed by atoms with E-state index in [1.165, 1.54) is 22.5 Å². The lowest BCUT2D eigenvalue weighted by Gasteiger charge is -2.26. The van der Waals surface area contributed by atoms with Gasteiger partial charge in [0.2, 0.25) is 10.0 Å². The van der Waals surface area contributed by atoms with Gasteiger partial charge in [-0.2, -0.15) is 4.31 Å². The molecule has 31 heavy (non-hydrogen) atoms. The van der Waals surface area contributed by atoms with Crippen LogP contribution in [0.1, 0.15) is 55.5 Å². The molecular weight excluding hydrogens is 422 g/mol. The second kappa shape index (κ2) is 11.2. The van der Waals surface area contributed by atoms with E-state index in [2.05, 4.69) is 10.6 Å². The van der Waals surface area contributed by atoms with Crippen molar-refractivity contribution in [1.82, 2.24) is 14.9 Å². The van der Waals surface area contributed by atoms with Crippen LogP contribution in [0.25, 0.3) is 0 Å². The maximum atomic E-state index is 13.0. The molecule has 1 aliphatic heterocycles. The van der Waals surface area contributed by atoms with Gasteiger partial charge in [-0.15, -0.1) is 0 Å². The van der Waals surface area contributed by atoms with E-state index >= 15 is 0 Å². The molecule has 1 aliphatic rings. The molecule has 1 fully saturated rings. The van der Waals surface area contributed by atoms with Crippen molar-refractivity contribution in [1.29, 1.82) is 0 Å². The zero-order valence-corrected chi connectivity index (χ0v) is 19.1. The van der Waals surface area contributed by atoms with Crippen molar-refractivity contribution in [2.24, 2.45) is 5.92 Å². The van der Waals surface area contributed by atoms with E-state index in [4.69, 9.17) is 4.74 Å². The van der Waals surface area contributed by atoms with Gasteiger partial charge in [-0.3, -0.25) is 10.1 Å². The zero-order valence-electron chi connectivity index (χ0n) is 18.3. The maximum Gasteiger partial charge on any atom is 0.338 e. The van der Waals surface area contributed by atoms with Crippen molar-refractivity contribution in [3.05, 3.63) is 29.3 Å². The molecule has 9 nitrogen and oxygen atoms in total. The third-order valence-corrected chi connectivity index (χ3v) is 6.99. The minimum atomic E-state index is -3.72. The SMILES string of the molecule is Cc1ccc(C(=O)OCC(=O)NC(=O)NCCC(C)C)cc1S(=O)(=O)N1CCCCC1. The van der Waals surface area contributed by atoms with Gasteiger partial charge in [-0.05, 0) is 49.8 Å². The predicted molar refractivity (Wildman–Crippen MR) is 115 cm³/mol. The van der Waals surface area contributed by atoms with Gasteiger partial charge < -0.3 is 10.1 Å². The molecule has 2 rings (SSSR count). The number of sulfonamides is 1. The molecule has 0 aromatic heterocycles. The Balaban J connectivity index is 1.96. The smallest absolute Gasteiger partial charge is 0.338 e. The first-order valence-electron chi connectivity index (χ1n) is 10.5. The van der Waals surface area contributed by atoms with Crippen LogP contribution in [0.15, 0.2) is 23.1 Å². The number of imide groups is 1. The third kappa shape index (κ3) is 7.32. The van der Waals surface area contributed by atoms with E-state index in [1.807, 2.05) is 13.8 Å². The van der Waals surface area contributed by atoms with E-state index in [9.17, 15) is 22.8 Å². The molecule has 1 aromatic rings. The minimum Gasteiger partial charge on any atom is -0.452 e. The lowest BCUT2D eigenvalue weighted by atomic mass is 10.1. The van der Waals surface area contributed by atoms with Gasteiger partial charge in [-0.1, -0.05) is 26.3 Å². The molecule has 0 unspecified atom stereocenters. The quantitative estimate of drug-likeness (QED) is 0.582. The number of nitrogens with one attached hydrogen (secondary N) is 2. The number of carbonyl (C=O) groups is 3. The summed E-state index contributed by atoms with van der Waals surface area (Å²) in [6.45, 7) is 6.37. The number of rotatable bonds is 8. The molecule has 0 spiro atoms. The van der Waals surface area contributed by atoms with Gasteiger partial charge in [0.05, 0.1) is 10.5 Å². The third-order valence-electron chi connectivity index (χ3n) is 4.95. The molecule has 1 heterocycles. The highest BCUT2D eigenvalue weighted by Crippen LogP contribution is 2.24. The van der Waals surface area contributed by atoms with Crippen molar-refractivity contribution in [3.8, 4) is 0 Å². The Kier molecular flexibility index (Phi) is 9.00. The summed E-state index contributed by atoms with van der Waals surface area (Å²) >= 11 is 0. The first-order chi connectivity index (χ1) is 14.6. The van der Waals surface area contributed by atoms with Crippen LogP contribution in [0.3, 0.4) is 0 Å². The first-order valence-corrected chi connectivity index (χ1v) is 11.9. The maximum absolute atomic E-state index is 13.0. The van der Waals surface area contributed by atoms with Gasteiger partial charge in [0.1, 0.15) is 0 Å². The summed E-state index contributed by atoms with van der Waals surface area (Å²) in [7, 11) is -3.72. The van der Waals surface area contributed by atoms with Crippen LogP contribution in [0.2, 0.25) is 0 Å². The molecule has 3 amide bonds. The Labute approximate surface area is 183 Å². The second-order valence-electron chi connectivity index (χ2n) is 8.01. The normalized spacial score (nSPS) is 14.8. The van der Waals surface area contributed by atoms with Crippen LogP contribution in [0, 0.1) is 12.8 Å². The molecule has 1 saturated heterocycles. The summed E-state index contributed by atoms with van der Waals surface area (Å²) in [6.07, 6.45) is 3.38. The van der Waals surface area contributed by atoms with Gasteiger partial charge in [0.25, 0.3) is 5.91 Å². The van der Waals surface area contributed by atoms with Crippen LogP contribution < -0.4 is 10.6 Å². The fourth-order valence-corrected chi connectivity index (χ4v) is 4.91. The van der Waals surface area contributed by atoms with Crippen molar-refractivity contribution in [2.45, 2.75) is 51.3 Å². The number of ether oxygens (including phenoxy) is 1. The topological polar surface area (TPSA) is 122 Å². The van der Waals surface area contributed by atoms with E-state index in [0.717, 1.165) is 25.7 Å². The largest absolute Gasteiger partial charge is 0.452 e. The Morgan fingerprint density at radius 2 is 1.81 bits per heavy atom. The Hall–Kier alpha value is -2.46. The van der Waals surface area contributed by atoms with E-state index in [0.29, 0.717) is 31.1 Å². The number of piperidine rings is 1. The lowest BCUT2D eigenvalue weighted by molar-refractivity contribution is -0.123. The lowest BCUT2D eigenvalue weighted by Crippen LogP contribution is -2.42. The molecule has 0 bridgehead atoms. The van der Waals surface area contributed by atoms with Crippen molar-refractivity contribution in [2.75, 3.05) is 26.2 Å². The van der Waals surface area contributed by atoms with Gasteiger partial charge in [0, 0.05) is 19.6 Å². The Morgan fingerprint density at radius 1 is 1.13 bits per heavy atom. The van der Waals surface area contributed by atoms with Gasteiger partial charge in [0.15, 0.2) is 6.61 Å². The molecule has 0 saturated carbocycles. The molecule has 1 aromatic carbocycles. The first kappa shape index (κ1) is 24.8. The molecule has 2 N–H and O–H groups in total. The monoisotopic (exact) mass is 453 g/mol. The van der Waals surface area contributed by atoms with Crippen LogP contribution in [0.4, 0.5) is 4.79 Å². The number of hydrogen-bond donors (Lipinski definition) is 2. The summed E-state index contributed by atoms with van der Waals surface area (Å²) in [5.74, 6) is -1.20. The number of hydrogen-bond acceptors (Lipinski definition) is 6. The zero-order chi connectivity index (χ0) is 23.0. The summed E-state index contributed by atoms with van der Waals surface area (Å²) in [6, 6.07) is 3.60. The Bertz CT molecular complexity index is 908. The van der Waals surface area contributed by atoms with Crippen molar-refractivity contribution < 1.29 is 27.5 Å². The minimum absolute atomic E-state index is 0.0235. The number of esters is 1. The standard InChI is InChI=1S/C21H31N3O6S/c1-15(2)9-10-22-21(27)23-19(25)14-30-20(26)17-8-7-16(3)18(13-17)31(28,29)24-11-5-4-6-12-24/h7-8,13,15H,4-6,9-12,14H2,1-3H3,(H2,22,23,25,27). The van der Waals surface area contributed by atoms with Gasteiger partial charge >= 0.3 is 12.0 Å². The van der Waals surface area contributed by atoms with Crippen molar-refractivity contribution >= 4 is 27.9 Å². The molecular formula is C21H31N3O6S. The average Bonchev–Trinajstić information content (AvgIpc) is 2.72. The van der Waals surface area contributed by atoms with Crippen LogP contribution in [-0.2, 0) is 19.6 Å². The fraction of sp³-hybridized carbons (Fsp3) is 0.571. The van der Waals surface area contributed by atoms with E-state index in [1.54, 1.807) is 6.92 Å². The summed E-state index contributed by atoms with van der Waals surface area (Å²) in [4.78, 5) is 35.8. The number of nitrogens with zero attached hydrogens (tertiary/aromatic N) is 1. The van der Waals surface area contributed by atoms with Gasteiger partial charge in [-0.25, -0.2) is 18.0 Å². The highest BCUT2D eigenvalue weighted by molar-refractivity contribution is 7.89. The summed E-state index contributed by atoms with van der Waals surface area (Å²) in [5.41, 5.74) is 0.549. The Morgan fingerprint density at radius 3 is 2.45 bits per heavy atom. The highest BCUT2D eigenvalue weighted by Gasteiger charge is 2.28. The number of carbonyl (C=O) groups excluding carboxylic acids is 3. The number of amides is 3. The van der Waals surface area contributed by atoms with Crippen LogP contribution >= 0.6 is 0 Å². The number of aryl methyl sites for hydroxylation is 1. The van der Waals surface area contributed by atoms with E-state index in [-0.39, 0.29) is 10.5 Å². The summed E-state index contributed by atoms with van der Waals surface area (Å²) in [5, 5.41) is 4.62. The second-order valence-corrected chi connectivity index (χ2v) is 9.91. The van der Waals surface area contributed by atoms with Crippen LogP contribution in [-0.4, -0.2) is 56.9 Å². The summed E-state index contributed by atoms with van der Waals surface area (Å²) < 4.78 is 32.3. The van der Waals surface area contributed by atoms with Crippen molar-refractivity contribution in [3.63, 3.8) is 0 Å².